The Labute approximate surface area is 846 Å². The van der Waals surface area contributed by atoms with Crippen molar-refractivity contribution in [2.24, 2.45) is 259 Å². The summed E-state index contributed by atoms with van der Waals surface area (Å²) in [5.74, 6) is 23.4. The first kappa shape index (κ1) is 110. The number of fused-ring (bicyclic) bond motifs is 40. The second-order valence-electron chi connectivity index (χ2n) is 52.3. The summed E-state index contributed by atoms with van der Waals surface area (Å²) in [5, 5.41) is 0. The van der Waals surface area contributed by atoms with E-state index in [0.717, 1.165) is 155 Å². The molecule has 28 saturated carbocycles. The molecule has 0 radical (unpaired) electrons. The van der Waals surface area contributed by atoms with Gasteiger partial charge in [0.2, 0.25) is 0 Å². The molecule has 0 aliphatic heterocycles. The highest BCUT2D eigenvalue weighted by Gasteiger charge is 2.72. The van der Waals surface area contributed by atoms with Crippen molar-refractivity contribution in [1.82, 2.24) is 0 Å². The lowest BCUT2D eigenvalue weighted by molar-refractivity contribution is -0.192. The number of ether oxygens (including phenoxy) is 12. The summed E-state index contributed by atoms with van der Waals surface area (Å²) >= 11 is 0. The van der Waals surface area contributed by atoms with Gasteiger partial charge in [-0.15, -0.1) is 0 Å². The smallest absolute Gasteiger partial charge is 0.311 e. The zero-order chi connectivity index (χ0) is 90.7. The molecule has 0 N–H and O–H groups in total. The van der Waals surface area contributed by atoms with Gasteiger partial charge >= 0.3 is 47.8 Å². The maximum Gasteiger partial charge on any atom is 0.311 e. The zero-order valence-electron chi connectivity index (χ0n) is 81.7. The molecule has 40 atom stereocenters. The van der Waals surface area contributed by atoms with Gasteiger partial charge in [0.1, 0.15) is 24.4 Å². The van der Waals surface area contributed by atoms with E-state index in [4.69, 9.17) is 56.8 Å². The number of carbonyl (C=O) groups excluding carboxylic acids is 8. The third-order valence-corrected chi connectivity index (χ3v) is 45.7. The summed E-state index contributed by atoms with van der Waals surface area (Å²) in [6, 6.07) is 0. The second-order valence-corrected chi connectivity index (χ2v) is 52.3. The Morgan fingerprint density at radius 2 is 0.486 bits per heavy atom. The first-order valence-electron chi connectivity index (χ1n) is 55.7. The molecule has 0 aromatic carbocycles. The maximum atomic E-state index is 13.2. The number of carbonyl (C=O) groups is 8. The average molecular weight is 1960 g/mol. The molecule has 0 amide bonds. The van der Waals surface area contributed by atoms with Crippen molar-refractivity contribution < 1.29 is 95.2 Å². The topological polar surface area (TPSA) is 247 Å². The summed E-state index contributed by atoms with van der Waals surface area (Å²) < 4.78 is 71.7. The minimum absolute atomic E-state index is 0. The largest absolute Gasteiger partial charge is 0.462 e. The van der Waals surface area contributed by atoms with E-state index in [1.807, 2.05) is 62.3 Å². The minimum atomic E-state index is -0.417. The van der Waals surface area contributed by atoms with Crippen molar-refractivity contribution in [2.75, 3.05) is 27.2 Å². The van der Waals surface area contributed by atoms with E-state index in [2.05, 4.69) is 6.92 Å². The summed E-state index contributed by atoms with van der Waals surface area (Å²) in [4.78, 5) is 103. The van der Waals surface area contributed by atoms with Crippen molar-refractivity contribution in [3.8, 4) is 0 Å². The zero-order valence-corrected chi connectivity index (χ0v) is 81.7. The first-order chi connectivity index (χ1) is 63.7. The summed E-state index contributed by atoms with van der Waals surface area (Å²) in [6.07, 6.45) is 46.0. The highest BCUT2D eigenvalue weighted by atomic mass is 16.7. The van der Waals surface area contributed by atoms with E-state index in [1.165, 1.54) is 148 Å². The van der Waals surface area contributed by atoms with Gasteiger partial charge in [-0.3, -0.25) is 38.4 Å². The standard InChI is InChI=1S/C30H44O5.C29H42O5.C27H40O5.C26H38O5.8CH4/c1-4-30(2,3)29(32)35-24-13-18-12-23(24)26-21-10-17(25(18)26)11-22(21)28(31)34-14-33-27-19-6-15-5-16(8-19)9-20(27)7-15;1-3-14(2)28(30)34-24-12-18-11-23(24)26-21-9-17(25(18)26)10-22(21)29(31)33-13-32-27-19-5-15-4-16(7-19)8-20(27)6-15;1-4-27(2,3)26(29)32-22-12-17-11-20(22)24-18-9-16(23(17)24)10-19(18)25(28)31-13-30-21-8-14-5-6-15(21)7-14;1-3-13(2)25(27)31-22-11-17-10-20(22)24-18-8-16(23(17)24)9-19(18)26(28)30-12-29-21-7-14-4-5-15(21)6-14;;;;;;;;/h15-27H,4-14H2,1-3H3;14-27H,3-13H2,1-2H3;14-24H,4-13H2,1-3H3;13-24H,3-12H2,1-2H3;8*1H4. The van der Waals surface area contributed by atoms with Crippen LogP contribution in [0.5, 0.6) is 0 Å². The fourth-order valence-electron chi connectivity index (χ4n) is 39.7. The summed E-state index contributed by atoms with van der Waals surface area (Å²) in [5.41, 5.74) is -0.833. The Bertz CT molecular complexity index is 4230. The summed E-state index contributed by atoms with van der Waals surface area (Å²) in [6.45, 7) is 20.6. The lowest BCUT2D eigenvalue weighted by Crippen LogP contribution is -2.49. The molecular weight excluding hydrogens is 1760 g/mol. The minimum Gasteiger partial charge on any atom is -0.462 e. The van der Waals surface area contributed by atoms with Crippen molar-refractivity contribution >= 4 is 47.8 Å². The summed E-state index contributed by atoms with van der Waals surface area (Å²) in [7, 11) is 0. The van der Waals surface area contributed by atoms with Gasteiger partial charge in [0.05, 0.1) is 70.8 Å². The van der Waals surface area contributed by atoms with Gasteiger partial charge in [-0.1, -0.05) is 101 Å². The Morgan fingerprint density at radius 1 is 0.243 bits per heavy atom. The fourth-order valence-corrected chi connectivity index (χ4v) is 39.7. The van der Waals surface area contributed by atoms with Gasteiger partial charge < -0.3 is 56.8 Å². The fraction of sp³-hybridized carbons (Fsp3) is 0.933. The van der Waals surface area contributed by atoms with Crippen LogP contribution in [0.2, 0.25) is 0 Å². The maximum absolute atomic E-state index is 13.2. The van der Waals surface area contributed by atoms with Crippen LogP contribution >= 0.6 is 0 Å². The van der Waals surface area contributed by atoms with Crippen LogP contribution in [0.25, 0.3) is 0 Å². The Morgan fingerprint density at radius 3 is 0.729 bits per heavy atom. The van der Waals surface area contributed by atoms with Gasteiger partial charge in [0.25, 0.3) is 0 Å². The molecule has 28 bridgehead atoms. The van der Waals surface area contributed by atoms with Gasteiger partial charge in [0, 0.05) is 0 Å². The molecule has 0 spiro atoms. The molecule has 140 heavy (non-hydrogen) atoms. The molecule has 40 unspecified atom stereocenters. The molecule has 28 aliphatic carbocycles. The molecule has 796 valence electrons. The second kappa shape index (κ2) is 43.3. The van der Waals surface area contributed by atoms with E-state index in [0.29, 0.717) is 178 Å². The lowest BCUT2D eigenvalue weighted by Gasteiger charge is -2.53. The molecule has 0 aromatic rings. The quantitative estimate of drug-likeness (QED) is 0.0306. The van der Waals surface area contributed by atoms with Crippen LogP contribution in [-0.2, 0) is 95.2 Å². The van der Waals surface area contributed by atoms with E-state index in [1.54, 1.807) is 0 Å². The number of rotatable bonds is 28. The molecule has 28 fully saturated rings. The van der Waals surface area contributed by atoms with Crippen LogP contribution < -0.4 is 0 Å². The first-order valence-corrected chi connectivity index (χ1v) is 55.7. The van der Waals surface area contributed by atoms with Gasteiger partial charge in [-0.05, 0) is 485 Å². The average Bonchev–Trinajstić information content (AvgIpc) is 1.56. The Hall–Kier alpha value is -4.40. The molecule has 0 heterocycles. The van der Waals surface area contributed by atoms with E-state index in [-0.39, 0.29) is 194 Å². The number of hydrogen-bond acceptors (Lipinski definition) is 20. The molecule has 0 aromatic heterocycles. The Balaban J connectivity index is 0.000000139. The molecule has 20 heteroatoms. The highest BCUT2D eigenvalue weighted by molar-refractivity contribution is 5.78. The molecule has 28 aliphatic rings. The van der Waals surface area contributed by atoms with Crippen molar-refractivity contribution in [3.05, 3.63) is 0 Å². The van der Waals surface area contributed by atoms with E-state index < -0.39 is 10.8 Å². The third-order valence-electron chi connectivity index (χ3n) is 45.7. The lowest BCUT2D eigenvalue weighted by atomic mass is 9.55. The van der Waals surface area contributed by atoms with E-state index in [9.17, 15) is 38.4 Å². The monoisotopic (exact) mass is 1960 g/mol. The predicted molar refractivity (Wildman–Crippen MR) is 540 cm³/mol. The molecule has 0 saturated heterocycles. The van der Waals surface area contributed by atoms with Gasteiger partial charge in [-0.2, -0.15) is 0 Å². The van der Waals surface area contributed by atoms with Gasteiger partial charge in [0.15, 0.2) is 27.2 Å². The normalized spacial score (nSPS) is 47.2. The van der Waals surface area contributed by atoms with E-state index >= 15 is 0 Å². The number of hydrogen-bond donors (Lipinski definition) is 0. The predicted octanol–water partition coefficient (Wildman–Crippen LogP) is 25.5. The Kier molecular flexibility index (Phi) is 33.9. The van der Waals surface area contributed by atoms with Crippen molar-refractivity contribution in [1.29, 1.82) is 0 Å². The molecule has 20 nitrogen and oxygen atoms in total. The SMILES string of the molecule is C.C.C.C.C.C.C.C.CCC(C)(C)C(=O)OC1CC2CC1C1C3CC(CC3C(=O)OCOC3C4CC5CC(C4)CC3C5)C21.CCC(C)(C)C(=O)OC1CC2CC1C1C3CC(CC3C(=O)OCOC3CC4CCC3C4)C21.CCC(C)C(=O)OC1CC2CC1C1C3CC(CC3C(=O)OCOC3C4CC5CC(C4)CC3C5)C21.CCC(C)C(=O)OC1CC2CC1C1C3CC(CC3C(=O)OCOC3CC4CCC3C4)C21. The van der Waals surface area contributed by atoms with Crippen LogP contribution in [0.15, 0.2) is 0 Å². The van der Waals surface area contributed by atoms with Crippen molar-refractivity contribution in [2.45, 2.75) is 421 Å². The molecule has 28 rings (SSSR count). The van der Waals surface area contributed by atoms with Crippen LogP contribution in [-0.4, -0.2) is 124 Å². The van der Waals surface area contributed by atoms with Gasteiger partial charge in [-0.25, -0.2) is 0 Å². The van der Waals surface area contributed by atoms with Crippen LogP contribution in [0.1, 0.15) is 373 Å². The van der Waals surface area contributed by atoms with Crippen LogP contribution in [0, 0.1) is 259 Å². The van der Waals surface area contributed by atoms with Crippen molar-refractivity contribution in [3.63, 3.8) is 0 Å². The van der Waals surface area contributed by atoms with Crippen LogP contribution in [0.3, 0.4) is 0 Å². The number of esters is 8. The van der Waals surface area contributed by atoms with Crippen LogP contribution in [0.4, 0.5) is 0 Å². The highest BCUT2D eigenvalue weighted by Crippen LogP contribution is 2.75. The third kappa shape index (κ3) is 19.4. The molecular formula is C120H196O20.